The maximum absolute atomic E-state index is 11.6. The molecule has 3 amide bonds. The summed E-state index contributed by atoms with van der Waals surface area (Å²) < 4.78 is 0. The van der Waals surface area contributed by atoms with Gasteiger partial charge in [-0.15, -0.1) is 0 Å². The summed E-state index contributed by atoms with van der Waals surface area (Å²) in [5.41, 5.74) is 6.35. The number of thiocarbonyl (C=S) groups is 1. The van der Waals surface area contributed by atoms with Crippen LogP contribution in [0.4, 0.5) is 4.79 Å². The molecule has 0 unspecified atom stereocenters. The van der Waals surface area contributed by atoms with Crippen molar-refractivity contribution in [3.05, 3.63) is 35.4 Å². The number of nitrogens with one attached hydrogen (secondary N) is 2. The minimum atomic E-state index is -0.811. The number of urea groups is 1. The van der Waals surface area contributed by atoms with Gasteiger partial charge in [0.25, 0.3) is 5.91 Å². The predicted molar refractivity (Wildman–Crippen MR) is 64.0 cm³/mol. The molecule has 0 aliphatic heterocycles. The van der Waals surface area contributed by atoms with E-state index in [1.165, 1.54) is 0 Å². The zero-order valence-corrected chi connectivity index (χ0v) is 9.43. The zero-order valence-electron chi connectivity index (χ0n) is 8.61. The topological polar surface area (TPSA) is 84.2 Å². The quantitative estimate of drug-likeness (QED) is 0.628. The first-order valence-electron chi connectivity index (χ1n) is 4.47. The summed E-state index contributed by atoms with van der Waals surface area (Å²) in [4.78, 5) is 22.0. The summed E-state index contributed by atoms with van der Waals surface area (Å²) in [6, 6.07) is 6.13. The van der Waals surface area contributed by atoms with Crippen molar-refractivity contribution >= 4 is 29.3 Å². The Morgan fingerprint density at radius 2 is 1.75 bits per heavy atom. The first-order valence-corrected chi connectivity index (χ1v) is 4.88. The first kappa shape index (κ1) is 12.1. The second-order valence-corrected chi connectivity index (χ2v) is 3.55. The first-order chi connectivity index (χ1) is 7.49. The molecular weight excluding hydrogens is 226 g/mol. The van der Waals surface area contributed by atoms with Gasteiger partial charge >= 0.3 is 6.03 Å². The van der Waals surface area contributed by atoms with Gasteiger partial charge in [0.15, 0.2) is 5.11 Å². The summed E-state index contributed by atoms with van der Waals surface area (Å²) in [5.74, 6) is -0.390. The van der Waals surface area contributed by atoms with Crippen molar-refractivity contribution in [2.45, 2.75) is 6.92 Å². The molecule has 1 aromatic carbocycles. The number of amides is 3. The second kappa shape index (κ2) is 5.22. The highest BCUT2D eigenvalue weighted by atomic mass is 32.1. The molecule has 0 aliphatic carbocycles. The lowest BCUT2D eigenvalue weighted by molar-refractivity contribution is 0.0977. The summed E-state index contributed by atoms with van der Waals surface area (Å²) in [6.07, 6.45) is 0. The summed E-state index contributed by atoms with van der Waals surface area (Å²) in [7, 11) is 0. The van der Waals surface area contributed by atoms with E-state index in [-0.39, 0.29) is 5.11 Å². The minimum Gasteiger partial charge on any atom is -0.351 e. The molecule has 4 N–H and O–H groups in total. The van der Waals surface area contributed by atoms with Crippen molar-refractivity contribution in [1.82, 2.24) is 10.6 Å². The Balaban J connectivity index is 2.62. The highest BCUT2D eigenvalue weighted by Crippen LogP contribution is 2.02. The van der Waals surface area contributed by atoms with Crippen LogP contribution >= 0.6 is 12.2 Å². The van der Waals surface area contributed by atoms with E-state index in [9.17, 15) is 9.59 Å². The number of benzene rings is 1. The van der Waals surface area contributed by atoms with Crippen LogP contribution in [0.15, 0.2) is 24.3 Å². The van der Waals surface area contributed by atoms with Crippen molar-refractivity contribution in [2.75, 3.05) is 0 Å². The van der Waals surface area contributed by atoms with Crippen LogP contribution in [0, 0.1) is 6.92 Å². The van der Waals surface area contributed by atoms with Gasteiger partial charge in [-0.05, 0) is 31.3 Å². The van der Waals surface area contributed by atoms with Gasteiger partial charge in [-0.3, -0.25) is 15.4 Å². The Labute approximate surface area is 98.0 Å². The monoisotopic (exact) mass is 237 g/mol. The van der Waals surface area contributed by atoms with Gasteiger partial charge in [0.05, 0.1) is 0 Å². The van der Waals surface area contributed by atoms with Crippen LogP contribution in [0.5, 0.6) is 0 Å². The molecule has 0 fully saturated rings. The lowest BCUT2D eigenvalue weighted by atomic mass is 10.1. The Bertz CT molecular complexity index is 428. The fourth-order valence-electron chi connectivity index (χ4n) is 1.02. The molecule has 1 aromatic rings. The average molecular weight is 237 g/mol. The third-order valence-corrected chi connectivity index (χ3v) is 1.98. The Kier molecular flexibility index (Phi) is 3.96. The Morgan fingerprint density at radius 1 is 1.19 bits per heavy atom. The highest BCUT2D eigenvalue weighted by molar-refractivity contribution is 7.80. The van der Waals surface area contributed by atoms with Gasteiger partial charge in [-0.2, -0.15) is 0 Å². The van der Waals surface area contributed by atoms with Crippen molar-refractivity contribution in [3.8, 4) is 0 Å². The fourth-order valence-corrected chi connectivity index (χ4v) is 1.22. The van der Waals surface area contributed by atoms with Crippen LogP contribution < -0.4 is 16.4 Å². The molecule has 0 aromatic heterocycles. The lowest BCUT2D eigenvalue weighted by Crippen LogP contribution is -2.44. The van der Waals surface area contributed by atoms with E-state index >= 15 is 0 Å². The van der Waals surface area contributed by atoms with Crippen molar-refractivity contribution < 1.29 is 9.59 Å². The fraction of sp³-hybridized carbons (Fsp3) is 0.100. The summed E-state index contributed by atoms with van der Waals surface area (Å²) in [5, 5.41) is 4.31. The molecule has 0 aliphatic rings. The number of hydrogen-bond acceptors (Lipinski definition) is 3. The molecule has 6 heteroatoms. The summed E-state index contributed by atoms with van der Waals surface area (Å²) >= 11 is 4.69. The molecule has 0 heterocycles. The molecule has 0 radical (unpaired) electrons. The van der Waals surface area contributed by atoms with Crippen molar-refractivity contribution in [3.63, 3.8) is 0 Å². The molecule has 0 saturated heterocycles. The third-order valence-electron chi connectivity index (χ3n) is 1.78. The Hall–Kier alpha value is -1.95. The van der Waals surface area contributed by atoms with Gasteiger partial charge in [-0.25, -0.2) is 4.79 Å². The van der Waals surface area contributed by atoms with Crippen LogP contribution in [0.1, 0.15) is 15.9 Å². The van der Waals surface area contributed by atoms with Crippen LogP contribution in [-0.4, -0.2) is 17.1 Å². The number of carbonyl (C=O) groups excluding carboxylic acids is 2. The van der Waals surface area contributed by atoms with Gasteiger partial charge in [0.1, 0.15) is 0 Å². The minimum absolute atomic E-state index is 0.113. The maximum atomic E-state index is 11.6. The average Bonchev–Trinajstić information content (AvgIpc) is 2.16. The van der Waals surface area contributed by atoms with Crippen LogP contribution in [0.3, 0.4) is 0 Å². The van der Waals surface area contributed by atoms with E-state index in [1.54, 1.807) is 24.3 Å². The molecule has 0 atom stereocenters. The molecular formula is C10H11N3O2S. The molecule has 1 rings (SSSR count). The van der Waals surface area contributed by atoms with Gasteiger partial charge < -0.3 is 5.73 Å². The molecule has 0 bridgehead atoms. The van der Waals surface area contributed by atoms with E-state index < -0.39 is 11.9 Å². The maximum Gasteiger partial charge on any atom is 0.318 e. The molecule has 16 heavy (non-hydrogen) atoms. The van der Waals surface area contributed by atoms with E-state index in [1.807, 2.05) is 6.92 Å². The number of aryl methyl sites for hydroxylation is 1. The van der Waals surface area contributed by atoms with Gasteiger partial charge in [0, 0.05) is 5.56 Å². The predicted octanol–water partition coefficient (Wildman–Crippen LogP) is 0.678. The standard InChI is InChI=1S/C10H11N3O2S/c1-6-2-4-7(5-3-6)8(14)12-10(16)13-9(11)15/h2-5H,1H3,(H4,11,12,13,14,15,16). The van der Waals surface area contributed by atoms with Crippen molar-refractivity contribution in [1.29, 1.82) is 0 Å². The van der Waals surface area contributed by atoms with E-state index in [2.05, 4.69) is 22.9 Å². The number of carbonyl (C=O) groups is 2. The highest BCUT2D eigenvalue weighted by Gasteiger charge is 2.07. The largest absolute Gasteiger partial charge is 0.351 e. The molecule has 84 valence electrons. The van der Waals surface area contributed by atoms with E-state index in [0.29, 0.717) is 5.56 Å². The Morgan fingerprint density at radius 3 is 2.25 bits per heavy atom. The number of nitrogens with two attached hydrogens (primary N) is 1. The third kappa shape index (κ3) is 3.66. The zero-order chi connectivity index (χ0) is 12.1. The van der Waals surface area contributed by atoms with E-state index in [0.717, 1.165) is 5.56 Å². The lowest BCUT2D eigenvalue weighted by Gasteiger charge is -2.06. The number of hydrogen-bond donors (Lipinski definition) is 3. The number of primary amides is 1. The normalized spacial score (nSPS) is 9.31. The van der Waals surface area contributed by atoms with Gasteiger partial charge in [-0.1, -0.05) is 17.7 Å². The van der Waals surface area contributed by atoms with Crippen LogP contribution in [-0.2, 0) is 0 Å². The summed E-state index contributed by atoms with van der Waals surface area (Å²) in [6.45, 7) is 1.92. The van der Waals surface area contributed by atoms with E-state index in [4.69, 9.17) is 5.73 Å². The van der Waals surface area contributed by atoms with Crippen molar-refractivity contribution in [2.24, 2.45) is 5.73 Å². The molecule has 0 saturated carbocycles. The number of rotatable bonds is 1. The van der Waals surface area contributed by atoms with Crippen LogP contribution in [0.25, 0.3) is 0 Å². The molecule has 5 nitrogen and oxygen atoms in total. The van der Waals surface area contributed by atoms with Crippen LogP contribution in [0.2, 0.25) is 0 Å². The molecule has 0 spiro atoms. The SMILES string of the molecule is Cc1ccc(C(=O)NC(=S)NC(N)=O)cc1. The smallest absolute Gasteiger partial charge is 0.318 e. The second-order valence-electron chi connectivity index (χ2n) is 3.14. The van der Waals surface area contributed by atoms with Gasteiger partial charge in [0.2, 0.25) is 0 Å².